The van der Waals surface area contributed by atoms with E-state index in [0.717, 1.165) is 25.1 Å². The summed E-state index contributed by atoms with van der Waals surface area (Å²) in [6.07, 6.45) is 2.74. The fourth-order valence-corrected chi connectivity index (χ4v) is 3.40. The van der Waals surface area contributed by atoms with Gasteiger partial charge in [-0.25, -0.2) is 9.59 Å². The van der Waals surface area contributed by atoms with Gasteiger partial charge in [0.2, 0.25) is 0 Å². The maximum atomic E-state index is 12.6. The monoisotopic (exact) mass is 401 g/mol. The number of fused-ring (bicyclic) bond motifs is 1. The minimum Gasteiger partial charge on any atom is -0.462 e. The molecule has 1 fully saturated rings. The number of hydrogen-bond acceptors (Lipinski definition) is 6. The van der Waals surface area contributed by atoms with Crippen LogP contribution >= 0.6 is 0 Å². The zero-order valence-electron chi connectivity index (χ0n) is 17.2. The predicted octanol–water partition coefficient (Wildman–Crippen LogP) is 2.93. The normalized spacial score (nSPS) is 16.7. The number of aromatic nitrogens is 1. The number of esters is 1. The van der Waals surface area contributed by atoms with Crippen LogP contribution in [-0.4, -0.2) is 41.4 Å². The lowest BCUT2D eigenvalue weighted by molar-refractivity contribution is 0.0501. The van der Waals surface area contributed by atoms with Crippen molar-refractivity contribution in [3.8, 4) is 0 Å². The van der Waals surface area contributed by atoms with E-state index in [-0.39, 0.29) is 18.3 Å². The molecule has 1 saturated heterocycles. The SMILES string of the molecule is CCOC(=O)c1ccc2cc(N3CCCC3NC(=O)OC(C)(C)C)ccn2c1=O. The van der Waals surface area contributed by atoms with Crippen molar-refractivity contribution in [3.63, 3.8) is 0 Å². The molecule has 8 nitrogen and oxygen atoms in total. The Morgan fingerprint density at radius 3 is 2.69 bits per heavy atom. The van der Waals surface area contributed by atoms with Crippen molar-refractivity contribution in [2.45, 2.75) is 52.3 Å². The molecule has 0 saturated carbocycles. The number of ether oxygens (including phenoxy) is 2. The first-order chi connectivity index (χ1) is 13.7. The average Bonchev–Trinajstić information content (AvgIpc) is 3.08. The molecule has 3 heterocycles. The van der Waals surface area contributed by atoms with Crippen LogP contribution in [0.4, 0.5) is 10.5 Å². The third-order valence-corrected chi connectivity index (χ3v) is 4.60. The van der Waals surface area contributed by atoms with Crippen LogP contribution in [0.15, 0.2) is 35.3 Å². The second-order valence-electron chi connectivity index (χ2n) is 7.95. The van der Waals surface area contributed by atoms with E-state index in [1.807, 2.05) is 26.8 Å². The van der Waals surface area contributed by atoms with Gasteiger partial charge < -0.3 is 19.7 Å². The summed E-state index contributed by atoms with van der Waals surface area (Å²) in [5.41, 5.74) is 0.559. The smallest absolute Gasteiger partial charge is 0.409 e. The minimum atomic E-state index is -0.628. The second kappa shape index (κ2) is 8.14. The highest BCUT2D eigenvalue weighted by Gasteiger charge is 2.28. The van der Waals surface area contributed by atoms with Crippen LogP contribution in [0.2, 0.25) is 0 Å². The molecule has 0 radical (unpaired) electrons. The van der Waals surface area contributed by atoms with E-state index in [9.17, 15) is 14.4 Å². The molecule has 3 rings (SSSR count). The van der Waals surface area contributed by atoms with E-state index in [4.69, 9.17) is 9.47 Å². The summed E-state index contributed by atoms with van der Waals surface area (Å²) in [4.78, 5) is 38.8. The van der Waals surface area contributed by atoms with Crippen molar-refractivity contribution < 1.29 is 19.1 Å². The van der Waals surface area contributed by atoms with Crippen molar-refractivity contribution >= 4 is 23.3 Å². The van der Waals surface area contributed by atoms with Crippen LogP contribution in [-0.2, 0) is 9.47 Å². The van der Waals surface area contributed by atoms with Gasteiger partial charge in [0.15, 0.2) is 0 Å². The van der Waals surface area contributed by atoms with Gasteiger partial charge in [-0.05, 0) is 64.8 Å². The van der Waals surface area contributed by atoms with Gasteiger partial charge in [-0.15, -0.1) is 0 Å². The number of nitrogens with zero attached hydrogens (tertiary/aromatic N) is 2. The molecule has 1 N–H and O–H groups in total. The van der Waals surface area contributed by atoms with Crippen LogP contribution in [0.1, 0.15) is 50.9 Å². The highest BCUT2D eigenvalue weighted by atomic mass is 16.6. The third kappa shape index (κ3) is 4.70. The van der Waals surface area contributed by atoms with Crippen LogP contribution in [0.5, 0.6) is 0 Å². The fraction of sp³-hybridized carbons (Fsp3) is 0.476. The second-order valence-corrected chi connectivity index (χ2v) is 7.95. The summed E-state index contributed by atoms with van der Waals surface area (Å²) >= 11 is 0. The summed E-state index contributed by atoms with van der Waals surface area (Å²) in [5.74, 6) is -0.628. The van der Waals surface area contributed by atoms with Gasteiger partial charge in [0.1, 0.15) is 17.3 Å². The lowest BCUT2D eigenvalue weighted by Crippen LogP contribution is -2.46. The van der Waals surface area contributed by atoms with Crippen molar-refractivity contribution in [1.29, 1.82) is 0 Å². The molecule has 2 aromatic heterocycles. The van der Waals surface area contributed by atoms with E-state index >= 15 is 0 Å². The first-order valence-corrected chi connectivity index (χ1v) is 9.78. The number of rotatable bonds is 4. The van der Waals surface area contributed by atoms with Crippen molar-refractivity contribution in [2.75, 3.05) is 18.1 Å². The molecule has 29 heavy (non-hydrogen) atoms. The number of alkyl carbamates (subject to hydrolysis) is 1. The van der Waals surface area contributed by atoms with Gasteiger partial charge in [0, 0.05) is 18.4 Å². The van der Waals surface area contributed by atoms with E-state index in [1.165, 1.54) is 10.5 Å². The highest BCUT2D eigenvalue weighted by Crippen LogP contribution is 2.25. The largest absolute Gasteiger partial charge is 0.462 e. The van der Waals surface area contributed by atoms with Gasteiger partial charge >= 0.3 is 12.1 Å². The van der Waals surface area contributed by atoms with E-state index in [0.29, 0.717) is 5.52 Å². The third-order valence-electron chi connectivity index (χ3n) is 4.60. The summed E-state index contributed by atoms with van der Waals surface area (Å²) in [5, 5.41) is 2.92. The molecular formula is C21H27N3O5. The van der Waals surface area contributed by atoms with E-state index in [1.54, 1.807) is 25.3 Å². The van der Waals surface area contributed by atoms with Crippen molar-refractivity contribution in [2.24, 2.45) is 0 Å². The number of carbonyl (C=O) groups is 2. The molecule has 0 spiro atoms. The van der Waals surface area contributed by atoms with Gasteiger partial charge in [-0.2, -0.15) is 0 Å². The first kappa shape index (κ1) is 20.7. The zero-order valence-corrected chi connectivity index (χ0v) is 17.2. The van der Waals surface area contributed by atoms with Crippen molar-refractivity contribution in [1.82, 2.24) is 9.72 Å². The van der Waals surface area contributed by atoms with Crippen LogP contribution in [0.3, 0.4) is 0 Å². The van der Waals surface area contributed by atoms with E-state index in [2.05, 4.69) is 10.2 Å². The van der Waals surface area contributed by atoms with Crippen molar-refractivity contribution in [3.05, 3.63) is 46.4 Å². The molecule has 1 amide bonds. The quantitative estimate of drug-likeness (QED) is 0.793. The van der Waals surface area contributed by atoms with Gasteiger partial charge in [-0.1, -0.05) is 0 Å². The Kier molecular flexibility index (Phi) is 5.81. The number of pyridine rings is 2. The van der Waals surface area contributed by atoms with E-state index < -0.39 is 23.2 Å². The van der Waals surface area contributed by atoms with Crippen LogP contribution in [0.25, 0.3) is 5.52 Å². The Bertz CT molecular complexity index is 976. The number of nitrogens with one attached hydrogen (secondary N) is 1. The zero-order chi connectivity index (χ0) is 21.2. The molecule has 156 valence electrons. The molecule has 1 atom stereocenters. The Morgan fingerprint density at radius 1 is 1.24 bits per heavy atom. The van der Waals surface area contributed by atoms with Gasteiger partial charge in [0.05, 0.1) is 12.1 Å². The molecule has 0 bridgehead atoms. The predicted molar refractivity (Wildman–Crippen MR) is 109 cm³/mol. The summed E-state index contributed by atoms with van der Waals surface area (Å²) in [7, 11) is 0. The molecule has 1 unspecified atom stereocenters. The lowest BCUT2D eigenvalue weighted by atomic mass is 10.2. The Morgan fingerprint density at radius 2 is 2.00 bits per heavy atom. The Labute approximate surface area is 169 Å². The standard InChI is InChI=1S/C21H27N3O5/c1-5-28-19(26)16-9-8-14-13-15(10-12-24(14)18(16)25)23-11-6-7-17(23)22-20(27)29-21(2,3)4/h8-10,12-13,17H,5-7,11H2,1-4H3,(H,22,27). The van der Waals surface area contributed by atoms with Crippen LogP contribution in [0, 0.1) is 0 Å². The Balaban J connectivity index is 1.84. The molecule has 8 heteroatoms. The fourth-order valence-electron chi connectivity index (χ4n) is 3.40. The summed E-state index contributed by atoms with van der Waals surface area (Å²) in [6, 6.07) is 6.87. The summed E-state index contributed by atoms with van der Waals surface area (Å²) < 4.78 is 11.7. The first-order valence-electron chi connectivity index (χ1n) is 9.78. The average molecular weight is 401 g/mol. The molecule has 1 aliphatic heterocycles. The molecule has 2 aromatic rings. The lowest BCUT2D eigenvalue weighted by Gasteiger charge is -2.29. The maximum absolute atomic E-state index is 12.6. The highest BCUT2D eigenvalue weighted by molar-refractivity contribution is 5.89. The van der Waals surface area contributed by atoms with Gasteiger partial charge in [-0.3, -0.25) is 9.20 Å². The molecule has 1 aliphatic rings. The topological polar surface area (TPSA) is 89.3 Å². The minimum absolute atomic E-state index is 0.00254. The summed E-state index contributed by atoms with van der Waals surface area (Å²) in [6.45, 7) is 8.16. The molecular weight excluding hydrogens is 374 g/mol. The number of anilines is 1. The number of amides is 1. The number of carbonyl (C=O) groups excluding carboxylic acids is 2. The number of hydrogen-bond donors (Lipinski definition) is 1. The van der Waals surface area contributed by atoms with Gasteiger partial charge in [0.25, 0.3) is 5.56 Å². The Hall–Kier alpha value is -3.03. The molecule has 0 aliphatic carbocycles. The maximum Gasteiger partial charge on any atom is 0.409 e. The molecule has 0 aromatic carbocycles. The van der Waals surface area contributed by atoms with Crippen LogP contribution < -0.4 is 15.8 Å².